The predicted octanol–water partition coefficient (Wildman–Crippen LogP) is 2.83. The first kappa shape index (κ1) is 19.6. The Hall–Kier alpha value is -2.40. The SMILES string of the molecule is Cc1nc(C)c(-c2csc(Nc3ccc(C(=O)N4C5CNCC4COC5)cn3)n2)s1. The summed E-state index contributed by atoms with van der Waals surface area (Å²) in [5.74, 6) is 0.676. The van der Waals surface area contributed by atoms with Crippen LogP contribution in [0.2, 0.25) is 0 Å². The predicted molar refractivity (Wildman–Crippen MR) is 118 cm³/mol. The molecule has 8 nitrogen and oxygen atoms in total. The van der Waals surface area contributed by atoms with Crippen LogP contribution in [0.3, 0.4) is 0 Å². The second kappa shape index (κ2) is 8.03. The van der Waals surface area contributed by atoms with E-state index >= 15 is 0 Å². The zero-order valence-corrected chi connectivity index (χ0v) is 18.3. The van der Waals surface area contributed by atoms with Crippen LogP contribution >= 0.6 is 22.7 Å². The molecule has 1 amide bonds. The van der Waals surface area contributed by atoms with Crippen molar-refractivity contribution in [2.45, 2.75) is 25.9 Å². The largest absolute Gasteiger partial charge is 0.377 e. The van der Waals surface area contributed by atoms with Gasteiger partial charge < -0.3 is 20.3 Å². The molecule has 2 fully saturated rings. The smallest absolute Gasteiger partial charge is 0.256 e. The molecule has 5 heterocycles. The van der Waals surface area contributed by atoms with Gasteiger partial charge in [0.15, 0.2) is 5.13 Å². The van der Waals surface area contributed by atoms with E-state index in [4.69, 9.17) is 4.74 Å². The van der Waals surface area contributed by atoms with E-state index in [-0.39, 0.29) is 18.0 Å². The molecule has 0 aliphatic carbocycles. The Morgan fingerprint density at radius 3 is 2.70 bits per heavy atom. The molecule has 0 aromatic carbocycles. The summed E-state index contributed by atoms with van der Waals surface area (Å²) in [6.45, 7) is 6.68. The van der Waals surface area contributed by atoms with Gasteiger partial charge >= 0.3 is 0 Å². The third-order valence-corrected chi connectivity index (χ3v) is 7.14. The number of nitrogens with one attached hydrogen (secondary N) is 2. The number of pyridine rings is 1. The molecule has 5 rings (SSSR count). The molecule has 2 atom stereocenters. The van der Waals surface area contributed by atoms with Gasteiger partial charge in [-0.05, 0) is 26.0 Å². The number of rotatable bonds is 4. The second-order valence-corrected chi connectivity index (χ2v) is 9.52. The highest BCUT2D eigenvalue weighted by Gasteiger charge is 2.38. The van der Waals surface area contributed by atoms with Crippen molar-refractivity contribution in [2.24, 2.45) is 0 Å². The normalized spacial score (nSPS) is 20.9. The third-order valence-electron chi connectivity index (χ3n) is 5.29. The first-order valence-electron chi connectivity index (χ1n) is 9.82. The van der Waals surface area contributed by atoms with E-state index in [1.165, 1.54) is 11.3 Å². The Morgan fingerprint density at radius 2 is 2.03 bits per heavy atom. The number of anilines is 2. The molecule has 0 saturated carbocycles. The molecule has 2 saturated heterocycles. The van der Waals surface area contributed by atoms with Crippen LogP contribution in [0.4, 0.5) is 10.9 Å². The first-order chi connectivity index (χ1) is 14.6. The maximum Gasteiger partial charge on any atom is 0.256 e. The average molecular weight is 443 g/mol. The van der Waals surface area contributed by atoms with Gasteiger partial charge in [0.2, 0.25) is 0 Å². The molecule has 3 aromatic rings. The minimum absolute atomic E-state index is 0.0152. The summed E-state index contributed by atoms with van der Waals surface area (Å²) >= 11 is 3.17. The summed E-state index contributed by atoms with van der Waals surface area (Å²) in [5, 5.41) is 10.4. The zero-order chi connectivity index (χ0) is 20.7. The number of carbonyl (C=O) groups excluding carboxylic acids is 1. The van der Waals surface area contributed by atoms with Crippen molar-refractivity contribution in [2.75, 3.05) is 31.6 Å². The first-order valence-corrected chi connectivity index (χ1v) is 11.5. The van der Waals surface area contributed by atoms with E-state index in [2.05, 4.69) is 25.6 Å². The van der Waals surface area contributed by atoms with E-state index in [0.29, 0.717) is 24.6 Å². The van der Waals surface area contributed by atoms with Gasteiger partial charge in [0.05, 0.1) is 52.1 Å². The van der Waals surface area contributed by atoms with E-state index in [0.717, 1.165) is 39.5 Å². The van der Waals surface area contributed by atoms with Crippen molar-refractivity contribution in [1.29, 1.82) is 0 Å². The van der Waals surface area contributed by atoms with Gasteiger partial charge in [0.25, 0.3) is 5.91 Å². The lowest BCUT2D eigenvalue weighted by molar-refractivity contribution is -0.0491. The number of amides is 1. The third kappa shape index (κ3) is 3.71. The minimum atomic E-state index is 0.0152. The number of fused-ring (bicyclic) bond motifs is 2. The van der Waals surface area contributed by atoms with Crippen LogP contribution in [0.25, 0.3) is 10.6 Å². The van der Waals surface area contributed by atoms with Crippen molar-refractivity contribution in [3.05, 3.63) is 40.0 Å². The Bertz CT molecular complexity index is 1040. The summed E-state index contributed by atoms with van der Waals surface area (Å²) in [6, 6.07) is 3.80. The van der Waals surface area contributed by atoms with E-state index < -0.39 is 0 Å². The summed E-state index contributed by atoms with van der Waals surface area (Å²) in [6.07, 6.45) is 1.63. The number of hydrogen-bond acceptors (Lipinski definition) is 9. The Labute approximate surface area is 182 Å². The quantitative estimate of drug-likeness (QED) is 0.642. The Kier molecular flexibility index (Phi) is 5.23. The lowest BCUT2D eigenvalue weighted by atomic mass is 10.0. The maximum absolute atomic E-state index is 13.0. The number of aromatic nitrogens is 3. The fourth-order valence-corrected chi connectivity index (χ4v) is 5.58. The molecule has 2 aliphatic rings. The second-order valence-electron chi connectivity index (χ2n) is 7.46. The highest BCUT2D eigenvalue weighted by Crippen LogP contribution is 2.32. The van der Waals surface area contributed by atoms with Crippen LogP contribution in [0.1, 0.15) is 21.1 Å². The van der Waals surface area contributed by atoms with Gasteiger partial charge in [-0.15, -0.1) is 22.7 Å². The van der Waals surface area contributed by atoms with Crippen molar-refractivity contribution in [3.63, 3.8) is 0 Å². The van der Waals surface area contributed by atoms with Crippen LogP contribution in [0, 0.1) is 13.8 Å². The number of morpholine rings is 1. The van der Waals surface area contributed by atoms with Crippen LogP contribution in [0.15, 0.2) is 23.7 Å². The van der Waals surface area contributed by atoms with Crippen LogP contribution in [-0.2, 0) is 4.74 Å². The number of thiazole rings is 2. The molecule has 2 aliphatic heterocycles. The molecule has 10 heteroatoms. The average Bonchev–Trinajstić information content (AvgIpc) is 3.33. The highest BCUT2D eigenvalue weighted by molar-refractivity contribution is 7.16. The fraction of sp³-hybridized carbons (Fsp3) is 0.400. The Balaban J connectivity index is 1.29. The number of nitrogens with zero attached hydrogens (tertiary/aromatic N) is 4. The molecule has 2 N–H and O–H groups in total. The summed E-state index contributed by atoms with van der Waals surface area (Å²) < 4.78 is 5.61. The van der Waals surface area contributed by atoms with Crippen molar-refractivity contribution in [3.8, 4) is 10.6 Å². The monoisotopic (exact) mass is 442 g/mol. The summed E-state index contributed by atoms with van der Waals surface area (Å²) in [4.78, 5) is 29.7. The van der Waals surface area contributed by atoms with Gasteiger partial charge in [-0.1, -0.05) is 0 Å². The zero-order valence-electron chi connectivity index (χ0n) is 16.7. The molecular weight excluding hydrogens is 420 g/mol. The minimum Gasteiger partial charge on any atom is -0.377 e. The molecular formula is C20H22N6O2S2. The fourth-order valence-electron chi connectivity index (χ4n) is 3.92. The van der Waals surface area contributed by atoms with Crippen molar-refractivity contribution < 1.29 is 9.53 Å². The standard InChI is InChI=1S/C20H22N6O2S2/c1-11-18(30-12(2)23-11)16-10-29-20(24-16)25-17-4-3-13(5-22-17)19(27)26-14-6-21-7-15(26)9-28-8-14/h3-5,10,14-15,21H,6-9H2,1-2H3,(H,22,24,25). The number of aryl methyl sites for hydroxylation is 2. The van der Waals surface area contributed by atoms with Crippen LogP contribution in [-0.4, -0.2) is 64.1 Å². The summed E-state index contributed by atoms with van der Waals surface area (Å²) in [7, 11) is 0. The van der Waals surface area contributed by atoms with Gasteiger partial charge in [0.1, 0.15) is 5.82 Å². The van der Waals surface area contributed by atoms with Crippen molar-refractivity contribution in [1.82, 2.24) is 25.2 Å². The van der Waals surface area contributed by atoms with Gasteiger partial charge in [0, 0.05) is 24.7 Å². The molecule has 30 heavy (non-hydrogen) atoms. The number of carbonyl (C=O) groups is 1. The molecule has 2 bridgehead atoms. The lowest BCUT2D eigenvalue weighted by Gasteiger charge is -2.46. The van der Waals surface area contributed by atoms with Crippen LogP contribution in [0.5, 0.6) is 0 Å². The highest BCUT2D eigenvalue weighted by atomic mass is 32.1. The molecule has 156 valence electrons. The maximum atomic E-state index is 13.0. The Morgan fingerprint density at radius 1 is 1.23 bits per heavy atom. The van der Waals surface area contributed by atoms with Crippen LogP contribution < -0.4 is 10.6 Å². The van der Waals surface area contributed by atoms with Gasteiger partial charge in [-0.25, -0.2) is 15.0 Å². The number of hydrogen-bond donors (Lipinski definition) is 2. The van der Waals surface area contributed by atoms with E-state index in [1.807, 2.05) is 36.3 Å². The number of piperazine rings is 1. The van der Waals surface area contributed by atoms with E-state index in [1.54, 1.807) is 17.5 Å². The van der Waals surface area contributed by atoms with Gasteiger partial charge in [-0.2, -0.15) is 0 Å². The molecule has 2 unspecified atom stereocenters. The molecule has 0 radical (unpaired) electrons. The van der Waals surface area contributed by atoms with Gasteiger partial charge in [-0.3, -0.25) is 4.79 Å². The lowest BCUT2D eigenvalue weighted by Crippen LogP contribution is -2.65. The molecule has 0 spiro atoms. The number of ether oxygens (including phenoxy) is 1. The van der Waals surface area contributed by atoms with E-state index in [9.17, 15) is 4.79 Å². The summed E-state index contributed by atoms with van der Waals surface area (Å²) in [5.41, 5.74) is 2.51. The molecule has 3 aromatic heterocycles. The topological polar surface area (TPSA) is 92.3 Å². The van der Waals surface area contributed by atoms with Crippen molar-refractivity contribution >= 4 is 39.5 Å².